The molecular formula is C35H42N6O2. The molecule has 4 saturated carbocycles. The Morgan fingerprint density at radius 2 is 1.67 bits per heavy atom. The number of carbonyl (C=O) groups is 2. The molecule has 8 rings (SSSR count). The fourth-order valence-corrected chi connectivity index (χ4v) is 8.54. The van der Waals surface area contributed by atoms with Gasteiger partial charge >= 0.3 is 0 Å². The highest BCUT2D eigenvalue weighted by Gasteiger charge is 2.51. The highest BCUT2D eigenvalue weighted by molar-refractivity contribution is 5.90. The first-order chi connectivity index (χ1) is 20.8. The molecule has 4 bridgehead atoms. The van der Waals surface area contributed by atoms with E-state index in [4.69, 9.17) is 0 Å². The molecule has 2 heterocycles. The number of hydrogen-bond acceptors (Lipinski definition) is 4. The van der Waals surface area contributed by atoms with E-state index in [0.29, 0.717) is 13.0 Å². The van der Waals surface area contributed by atoms with Gasteiger partial charge < -0.3 is 15.2 Å². The van der Waals surface area contributed by atoms with Crippen molar-refractivity contribution in [2.75, 3.05) is 5.32 Å². The van der Waals surface area contributed by atoms with Gasteiger partial charge in [-0.3, -0.25) is 9.59 Å². The molecule has 0 spiro atoms. The standard InChI is InChI=1S/C35H42N6O2/c1-23-10-11-29(12-24(23)2)36-34(43)22-41-21-30(38-39-41)20-40-19-28(31-7-3-4-8-32(31)40)6-5-9-33(42)37-35-16-25-13-26(17-35)15-27(14-25)18-35/h3-4,7-8,10-12,19,21,25-27H,5-6,9,13-18,20,22H2,1-2H3,(H,36,43)(H,37,42). The lowest BCUT2D eigenvalue weighted by Gasteiger charge is -2.56. The number of aromatic nitrogens is 4. The summed E-state index contributed by atoms with van der Waals surface area (Å²) < 4.78 is 3.78. The van der Waals surface area contributed by atoms with E-state index in [1.807, 2.05) is 31.3 Å². The number of amides is 2. The molecule has 4 aromatic rings. The quantitative estimate of drug-likeness (QED) is 0.243. The summed E-state index contributed by atoms with van der Waals surface area (Å²) in [5.74, 6) is 2.59. The summed E-state index contributed by atoms with van der Waals surface area (Å²) in [6.07, 6.45) is 14.0. The minimum Gasteiger partial charge on any atom is -0.351 e. The average molecular weight is 579 g/mol. The molecule has 8 heteroatoms. The highest BCUT2D eigenvalue weighted by Crippen LogP contribution is 2.55. The zero-order valence-electron chi connectivity index (χ0n) is 25.3. The average Bonchev–Trinajstić information content (AvgIpc) is 3.54. The second-order valence-corrected chi connectivity index (χ2v) is 13.7. The minimum absolute atomic E-state index is 0.0830. The SMILES string of the molecule is Cc1ccc(NC(=O)Cn2cc(Cn3cc(CCCC(=O)NC45CC6CC(CC(C6)C4)C5)c4ccccc43)nn2)cc1C. The summed E-state index contributed by atoms with van der Waals surface area (Å²) in [6.45, 7) is 4.75. The van der Waals surface area contributed by atoms with Gasteiger partial charge in [-0.2, -0.15) is 0 Å². The second kappa shape index (κ2) is 11.3. The van der Waals surface area contributed by atoms with Crippen molar-refractivity contribution in [2.24, 2.45) is 17.8 Å². The molecule has 0 unspecified atom stereocenters. The van der Waals surface area contributed by atoms with E-state index in [1.54, 1.807) is 4.68 Å². The molecule has 2 N–H and O–H groups in total. The van der Waals surface area contributed by atoms with Gasteiger partial charge in [0, 0.05) is 34.7 Å². The van der Waals surface area contributed by atoms with E-state index in [9.17, 15) is 9.59 Å². The topological polar surface area (TPSA) is 93.8 Å². The van der Waals surface area contributed by atoms with Crippen LogP contribution < -0.4 is 10.6 Å². The molecule has 2 amide bonds. The Labute approximate surface area is 253 Å². The Balaban J connectivity index is 0.956. The van der Waals surface area contributed by atoms with Gasteiger partial charge in [0.25, 0.3) is 0 Å². The Bertz CT molecular complexity index is 1630. The summed E-state index contributed by atoms with van der Waals surface area (Å²) >= 11 is 0. The number of aryl methyl sites for hydroxylation is 3. The third kappa shape index (κ3) is 5.97. The molecule has 2 aromatic heterocycles. The molecule has 4 fully saturated rings. The van der Waals surface area contributed by atoms with Crippen molar-refractivity contribution < 1.29 is 9.59 Å². The molecule has 2 aromatic carbocycles. The van der Waals surface area contributed by atoms with Gasteiger partial charge in [-0.15, -0.1) is 5.10 Å². The first-order valence-corrected chi connectivity index (χ1v) is 15.9. The first-order valence-electron chi connectivity index (χ1n) is 15.9. The Morgan fingerprint density at radius 3 is 2.42 bits per heavy atom. The molecule has 4 aliphatic carbocycles. The van der Waals surface area contributed by atoms with E-state index < -0.39 is 0 Å². The van der Waals surface area contributed by atoms with Crippen LogP contribution in [0.3, 0.4) is 0 Å². The molecule has 0 atom stereocenters. The Hall–Kier alpha value is -3.94. The van der Waals surface area contributed by atoms with Gasteiger partial charge in [-0.25, -0.2) is 4.68 Å². The maximum atomic E-state index is 13.1. The lowest BCUT2D eigenvalue weighted by atomic mass is 9.53. The fraction of sp³-hybridized carbons (Fsp3) is 0.486. The van der Waals surface area contributed by atoms with E-state index in [-0.39, 0.29) is 23.9 Å². The molecule has 0 saturated heterocycles. The lowest BCUT2D eigenvalue weighted by molar-refractivity contribution is -0.127. The predicted octanol–water partition coefficient (Wildman–Crippen LogP) is 5.94. The zero-order valence-corrected chi connectivity index (χ0v) is 25.3. The number of benzene rings is 2. The van der Waals surface area contributed by atoms with Crippen molar-refractivity contribution in [3.8, 4) is 0 Å². The third-order valence-corrected chi connectivity index (χ3v) is 10.2. The Kier molecular flexibility index (Phi) is 7.31. The van der Waals surface area contributed by atoms with Crippen molar-refractivity contribution in [1.82, 2.24) is 24.9 Å². The van der Waals surface area contributed by atoms with Crippen molar-refractivity contribution in [1.29, 1.82) is 0 Å². The van der Waals surface area contributed by atoms with E-state index in [0.717, 1.165) is 53.1 Å². The summed E-state index contributed by atoms with van der Waals surface area (Å²) in [4.78, 5) is 25.7. The molecule has 224 valence electrons. The number of para-hydroxylation sites is 1. The van der Waals surface area contributed by atoms with Crippen LogP contribution >= 0.6 is 0 Å². The Morgan fingerprint density at radius 1 is 0.930 bits per heavy atom. The van der Waals surface area contributed by atoms with Crippen LogP contribution in [-0.4, -0.2) is 36.9 Å². The second-order valence-electron chi connectivity index (χ2n) is 13.7. The van der Waals surface area contributed by atoms with Crippen molar-refractivity contribution >= 4 is 28.4 Å². The van der Waals surface area contributed by atoms with Gasteiger partial charge in [-0.1, -0.05) is 29.5 Å². The van der Waals surface area contributed by atoms with Crippen LogP contribution in [0.1, 0.15) is 73.8 Å². The molecule has 43 heavy (non-hydrogen) atoms. The maximum Gasteiger partial charge on any atom is 0.246 e. The molecule has 8 nitrogen and oxygen atoms in total. The van der Waals surface area contributed by atoms with Crippen molar-refractivity contribution in [2.45, 2.75) is 90.3 Å². The number of carbonyl (C=O) groups excluding carboxylic acids is 2. The maximum absolute atomic E-state index is 13.1. The monoisotopic (exact) mass is 578 g/mol. The first kappa shape index (κ1) is 27.9. The van der Waals surface area contributed by atoms with Gasteiger partial charge in [0.1, 0.15) is 12.2 Å². The highest BCUT2D eigenvalue weighted by atomic mass is 16.2. The van der Waals surface area contributed by atoms with Crippen LogP contribution in [0.5, 0.6) is 0 Å². The van der Waals surface area contributed by atoms with E-state index in [1.165, 1.54) is 55.0 Å². The number of nitrogens with one attached hydrogen (secondary N) is 2. The molecule has 0 radical (unpaired) electrons. The largest absolute Gasteiger partial charge is 0.351 e. The molecular weight excluding hydrogens is 536 g/mol. The molecule has 4 aliphatic rings. The van der Waals surface area contributed by atoms with Crippen molar-refractivity contribution in [3.05, 3.63) is 77.2 Å². The number of fused-ring (bicyclic) bond motifs is 1. The van der Waals surface area contributed by atoms with Gasteiger partial charge in [0.05, 0.1) is 12.7 Å². The number of rotatable bonds is 10. The van der Waals surface area contributed by atoms with E-state index in [2.05, 4.69) is 62.9 Å². The summed E-state index contributed by atoms with van der Waals surface area (Å²) in [5, 5.41) is 16.2. The smallest absolute Gasteiger partial charge is 0.246 e. The number of hydrogen-bond donors (Lipinski definition) is 2. The number of anilines is 1. The van der Waals surface area contributed by atoms with Gasteiger partial charge in [0.15, 0.2) is 0 Å². The minimum atomic E-state index is -0.138. The van der Waals surface area contributed by atoms with Crippen LogP contribution in [0.15, 0.2) is 54.9 Å². The van der Waals surface area contributed by atoms with Gasteiger partial charge in [0.2, 0.25) is 11.8 Å². The van der Waals surface area contributed by atoms with Crippen molar-refractivity contribution in [3.63, 3.8) is 0 Å². The number of nitrogens with zero attached hydrogens (tertiary/aromatic N) is 4. The normalized spacial score (nSPS) is 24.0. The zero-order chi connectivity index (χ0) is 29.6. The fourth-order valence-electron chi connectivity index (χ4n) is 8.54. The third-order valence-electron chi connectivity index (χ3n) is 10.2. The van der Waals surface area contributed by atoms with Crippen LogP contribution in [0.4, 0.5) is 5.69 Å². The summed E-state index contributed by atoms with van der Waals surface area (Å²) in [7, 11) is 0. The van der Waals surface area contributed by atoms with Crippen LogP contribution in [0.25, 0.3) is 10.9 Å². The van der Waals surface area contributed by atoms with E-state index >= 15 is 0 Å². The van der Waals surface area contributed by atoms with Crippen LogP contribution in [-0.2, 0) is 29.1 Å². The summed E-state index contributed by atoms with van der Waals surface area (Å²) in [5.41, 5.74) is 6.37. The predicted molar refractivity (Wildman–Crippen MR) is 168 cm³/mol. The lowest BCUT2D eigenvalue weighted by Crippen LogP contribution is -2.59. The van der Waals surface area contributed by atoms with Crippen LogP contribution in [0.2, 0.25) is 0 Å². The van der Waals surface area contributed by atoms with Gasteiger partial charge in [-0.05, 0) is 118 Å². The molecule has 0 aliphatic heterocycles. The summed E-state index contributed by atoms with van der Waals surface area (Å²) in [6, 6.07) is 14.3. The van der Waals surface area contributed by atoms with Crippen LogP contribution in [0, 0.1) is 31.6 Å².